The molecule has 5 heteroatoms. The predicted molar refractivity (Wildman–Crippen MR) is 31.8 cm³/mol. The van der Waals surface area contributed by atoms with Crippen molar-refractivity contribution in [2.45, 2.75) is 13.3 Å². The highest BCUT2D eigenvalue weighted by Crippen LogP contribution is 1.88. The van der Waals surface area contributed by atoms with Crippen LogP contribution < -0.4 is 16.5 Å². The van der Waals surface area contributed by atoms with Crippen LogP contribution in [0.3, 0.4) is 0 Å². The molecule has 0 aromatic carbocycles. The summed E-state index contributed by atoms with van der Waals surface area (Å²) in [6.45, 7) is 2.73. The van der Waals surface area contributed by atoms with Crippen molar-refractivity contribution in [3.8, 4) is 0 Å². The topological polar surface area (TPSA) is 56.4 Å². The van der Waals surface area contributed by atoms with Gasteiger partial charge in [0, 0.05) is 6.54 Å². The second-order valence-electron chi connectivity index (χ2n) is 1.82. The number of carbonyl (C=O) groups excluding carboxylic acids is 1. The second-order valence-corrected chi connectivity index (χ2v) is 1.82. The number of hydrazine groups is 3. The maximum Gasteiger partial charge on any atom is 0.348 e. The summed E-state index contributed by atoms with van der Waals surface area (Å²) in [5, 5.41) is 1.47. The molecule has 1 aliphatic rings. The highest BCUT2D eigenvalue weighted by atomic mass is 16.2. The van der Waals surface area contributed by atoms with Gasteiger partial charge in [0.1, 0.15) is 0 Å². The van der Waals surface area contributed by atoms with Crippen molar-refractivity contribution in [2.24, 2.45) is 0 Å². The van der Waals surface area contributed by atoms with Crippen LogP contribution in [0.1, 0.15) is 13.3 Å². The summed E-state index contributed by atoms with van der Waals surface area (Å²) in [5.41, 5.74) is 7.49. The number of nitrogens with one attached hydrogen (secondary N) is 3. The summed E-state index contributed by atoms with van der Waals surface area (Å²) < 4.78 is 0. The molecule has 0 aliphatic carbocycles. The zero-order valence-corrected chi connectivity index (χ0v) is 5.27. The van der Waals surface area contributed by atoms with E-state index >= 15 is 0 Å². The van der Waals surface area contributed by atoms with E-state index in [2.05, 4.69) is 16.5 Å². The average Bonchev–Trinajstić information content (AvgIpc) is 2.18. The van der Waals surface area contributed by atoms with Crippen molar-refractivity contribution in [1.82, 2.24) is 21.5 Å². The van der Waals surface area contributed by atoms with E-state index in [9.17, 15) is 4.79 Å². The first-order chi connectivity index (χ1) is 4.34. The summed E-state index contributed by atoms with van der Waals surface area (Å²) >= 11 is 0. The molecular weight excluding hydrogens is 120 g/mol. The minimum Gasteiger partial charge on any atom is -0.257 e. The van der Waals surface area contributed by atoms with E-state index in [1.807, 2.05) is 6.92 Å². The van der Waals surface area contributed by atoms with E-state index in [1.54, 1.807) is 0 Å². The predicted octanol–water partition coefficient (Wildman–Crippen LogP) is -0.654. The van der Waals surface area contributed by atoms with Crippen molar-refractivity contribution in [3.63, 3.8) is 0 Å². The van der Waals surface area contributed by atoms with Crippen molar-refractivity contribution in [3.05, 3.63) is 0 Å². The molecule has 1 heterocycles. The van der Waals surface area contributed by atoms with Gasteiger partial charge in [0.25, 0.3) is 0 Å². The van der Waals surface area contributed by atoms with Crippen molar-refractivity contribution in [2.75, 3.05) is 6.54 Å². The van der Waals surface area contributed by atoms with Crippen LogP contribution >= 0.6 is 0 Å². The quantitative estimate of drug-likeness (QED) is 0.465. The van der Waals surface area contributed by atoms with Gasteiger partial charge < -0.3 is 0 Å². The highest BCUT2D eigenvalue weighted by molar-refractivity contribution is 5.74. The first kappa shape index (κ1) is 6.31. The third-order valence-corrected chi connectivity index (χ3v) is 1.05. The Morgan fingerprint density at radius 1 is 1.67 bits per heavy atom. The molecule has 2 amide bonds. The molecule has 5 nitrogen and oxygen atoms in total. The number of amides is 2. The molecule has 1 aliphatic heterocycles. The van der Waals surface area contributed by atoms with Gasteiger partial charge in [0.15, 0.2) is 0 Å². The molecule has 0 saturated carbocycles. The van der Waals surface area contributed by atoms with Crippen molar-refractivity contribution in [1.29, 1.82) is 0 Å². The Balaban J connectivity index is 2.31. The van der Waals surface area contributed by atoms with Crippen LogP contribution in [0.2, 0.25) is 0 Å². The Bertz CT molecular complexity index is 115. The minimum atomic E-state index is -0.128. The van der Waals surface area contributed by atoms with E-state index in [0.29, 0.717) is 0 Å². The number of hydrogen-bond donors (Lipinski definition) is 3. The maximum absolute atomic E-state index is 10.7. The molecular formula is C4H10N4O. The van der Waals surface area contributed by atoms with E-state index in [0.717, 1.165) is 13.0 Å². The van der Waals surface area contributed by atoms with E-state index in [1.165, 1.54) is 5.01 Å². The Labute approximate surface area is 53.3 Å². The number of hydrogen-bond acceptors (Lipinski definition) is 3. The molecule has 3 N–H and O–H groups in total. The smallest absolute Gasteiger partial charge is 0.257 e. The lowest BCUT2D eigenvalue weighted by Crippen LogP contribution is -2.37. The summed E-state index contributed by atoms with van der Waals surface area (Å²) in [7, 11) is 0. The van der Waals surface area contributed by atoms with Gasteiger partial charge in [-0.2, -0.15) is 0 Å². The van der Waals surface area contributed by atoms with E-state index in [4.69, 9.17) is 0 Å². The fourth-order valence-electron chi connectivity index (χ4n) is 0.648. The number of rotatable bonds is 2. The van der Waals surface area contributed by atoms with E-state index in [-0.39, 0.29) is 6.03 Å². The first-order valence-electron chi connectivity index (χ1n) is 2.92. The third-order valence-electron chi connectivity index (χ3n) is 1.05. The SMILES string of the molecule is CCCN1NNNC1=O. The molecule has 0 aromatic heterocycles. The zero-order chi connectivity index (χ0) is 6.69. The molecule has 0 aromatic rings. The molecule has 9 heavy (non-hydrogen) atoms. The number of carbonyl (C=O) groups is 1. The molecule has 0 unspecified atom stereocenters. The Kier molecular flexibility index (Phi) is 1.86. The Hall–Kier alpha value is -0.810. The molecule has 1 fully saturated rings. The van der Waals surface area contributed by atoms with Crippen molar-refractivity contribution < 1.29 is 4.79 Å². The normalized spacial score (nSPS) is 18.3. The Morgan fingerprint density at radius 2 is 2.44 bits per heavy atom. The van der Waals surface area contributed by atoms with Gasteiger partial charge in [-0.3, -0.25) is 5.43 Å². The van der Waals surface area contributed by atoms with Gasteiger partial charge in [0.05, 0.1) is 0 Å². The fourth-order valence-corrected chi connectivity index (χ4v) is 0.648. The van der Waals surface area contributed by atoms with Crippen LogP contribution in [0, 0.1) is 0 Å². The molecule has 0 bridgehead atoms. The van der Waals surface area contributed by atoms with Crippen LogP contribution in [0.5, 0.6) is 0 Å². The third kappa shape index (κ3) is 1.30. The highest BCUT2D eigenvalue weighted by Gasteiger charge is 2.16. The Morgan fingerprint density at radius 3 is 2.89 bits per heavy atom. The number of urea groups is 1. The van der Waals surface area contributed by atoms with Crippen LogP contribution in [0.25, 0.3) is 0 Å². The summed E-state index contributed by atoms with van der Waals surface area (Å²) in [4.78, 5) is 10.7. The van der Waals surface area contributed by atoms with Crippen molar-refractivity contribution >= 4 is 6.03 Å². The van der Waals surface area contributed by atoms with E-state index < -0.39 is 0 Å². The van der Waals surface area contributed by atoms with Crippen LogP contribution in [-0.4, -0.2) is 17.6 Å². The fraction of sp³-hybridized carbons (Fsp3) is 0.750. The molecule has 1 rings (SSSR count). The van der Waals surface area contributed by atoms with Gasteiger partial charge in [-0.25, -0.2) is 9.80 Å². The molecule has 0 radical (unpaired) electrons. The molecule has 1 saturated heterocycles. The van der Waals surface area contributed by atoms with Gasteiger partial charge >= 0.3 is 6.03 Å². The zero-order valence-electron chi connectivity index (χ0n) is 5.27. The largest absolute Gasteiger partial charge is 0.348 e. The maximum atomic E-state index is 10.7. The van der Waals surface area contributed by atoms with Crippen LogP contribution in [0.15, 0.2) is 0 Å². The van der Waals surface area contributed by atoms with Gasteiger partial charge in [-0.15, -0.1) is 11.1 Å². The van der Waals surface area contributed by atoms with Gasteiger partial charge in [-0.05, 0) is 6.42 Å². The standard InChI is InChI=1S/C4H10N4O/c1-2-3-8-4(9)5-6-7-8/h6-7H,2-3H2,1H3,(H,5,9). The minimum absolute atomic E-state index is 0.128. The second kappa shape index (κ2) is 2.65. The lowest BCUT2D eigenvalue weighted by molar-refractivity contribution is 0.198. The summed E-state index contributed by atoms with van der Waals surface area (Å²) in [6, 6.07) is -0.128. The molecule has 0 spiro atoms. The summed E-state index contributed by atoms with van der Waals surface area (Å²) in [6.07, 6.45) is 0.947. The lowest BCUT2D eigenvalue weighted by Gasteiger charge is -2.09. The lowest BCUT2D eigenvalue weighted by atomic mass is 10.5. The van der Waals surface area contributed by atoms with Crippen LogP contribution in [0.4, 0.5) is 4.79 Å². The summed E-state index contributed by atoms with van der Waals surface area (Å²) in [5.74, 6) is 0. The van der Waals surface area contributed by atoms with Gasteiger partial charge in [-0.1, -0.05) is 6.92 Å². The number of nitrogens with zero attached hydrogens (tertiary/aromatic N) is 1. The van der Waals surface area contributed by atoms with Crippen LogP contribution in [-0.2, 0) is 0 Å². The molecule has 0 atom stereocenters. The molecule has 52 valence electrons. The average molecular weight is 130 g/mol. The first-order valence-corrected chi connectivity index (χ1v) is 2.92. The monoisotopic (exact) mass is 130 g/mol. The van der Waals surface area contributed by atoms with Gasteiger partial charge in [0.2, 0.25) is 0 Å².